The third kappa shape index (κ3) is 12.7. The van der Waals surface area contributed by atoms with Crippen molar-refractivity contribution < 1.29 is 31.5 Å². The van der Waals surface area contributed by atoms with E-state index in [0.717, 1.165) is 12.2 Å². The number of carbonyl (C=O) groups excluding carboxylic acids is 1. The highest BCUT2D eigenvalue weighted by Gasteiger charge is 2.50. The first-order chi connectivity index (χ1) is 21.9. The summed E-state index contributed by atoms with van der Waals surface area (Å²) in [6, 6.07) is 5.46. The number of hydrogen-bond donors (Lipinski definition) is 1. The van der Waals surface area contributed by atoms with Gasteiger partial charge in [-0.25, -0.2) is 13.8 Å². The number of amides is 1. The second-order valence-corrected chi connectivity index (χ2v) is 10.0. The number of amidine groups is 1. The first kappa shape index (κ1) is 42.4. The fourth-order valence-electron chi connectivity index (χ4n) is 4.29. The number of aliphatic imine (C=N–C) groups is 1. The lowest BCUT2D eigenvalue weighted by Crippen LogP contribution is -2.44. The summed E-state index contributed by atoms with van der Waals surface area (Å²) in [5.74, 6) is -0.417. The molecule has 1 aromatic carbocycles. The predicted molar refractivity (Wildman–Crippen MR) is 179 cm³/mol. The molecule has 2 aliphatic rings. The van der Waals surface area contributed by atoms with Crippen LogP contribution in [-0.2, 0) is 15.1 Å². The molecule has 2 atom stereocenters. The maximum absolute atomic E-state index is 13.9. The number of rotatable bonds is 10. The lowest BCUT2D eigenvalue weighted by atomic mass is 9.81. The minimum Gasteiger partial charge on any atom is -0.376 e. The van der Waals surface area contributed by atoms with Crippen molar-refractivity contribution in [2.75, 3.05) is 33.9 Å². The zero-order valence-electron chi connectivity index (χ0n) is 28.6. The molecule has 0 radical (unpaired) electrons. The Kier molecular flexibility index (Phi) is 20.3. The molecule has 10 heteroatoms. The molecular formula is C36H50F5N3O2. The van der Waals surface area contributed by atoms with Gasteiger partial charge in [0.15, 0.2) is 5.54 Å². The van der Waals surface area contributed by atoms with Crippen LogP contribution in [0.5, 0.6) is 0 Å². The fourth-order valence-corrected chi connectivity index (χ4v) is 4.29. The number of alkyl halides is 4. The SMILES string of the molecule is C/C=C(\C=C/CF)C1(c2ccc(F)cc2)N=C(C)N(C[C@@H](C)OCCC2=CC=C(C(F)(F)F)C=C=C2)C1=O.CC.CCC.CNC. The topological polar surface area (TPSA) is 53.9 Å². The molecule has 256 valence electrons. The predicted octanol–water partition coefficient (Wildman–Crippen LogP) is 8.97. The summed E-state index contributed by atoms with van der Waals surface area (Å²) in [6.07, 6.45) is 5.94. The molecule has 0 saturated heterocycles. The molecular weight excluding hydrogens is 601 g/mol. The number of nitrogens with one attached hydrogen (secondary N) is 1. The second-order valence-electron chi connectivity index (χ2n) is 10.0. The van der Waals surface area contributed by atoms with E-state index in [1.54, 1.807) is 26.8 Å². The Morgan fingerprint density at radius 2 is 1.72 bits per heavy atom. The number of carbonyl (C=O) groups is 1. The van der Waals surface area contributed by atoms with Gasteiger partial charge in [0.05, 0.1) is 24.8 Å². The highest BCUT2D eigenvalue weighted by Crippen LogP contribution is 2.41. The Morgan fingerprint density at radius 3 is 2.24 bits per heavy atom. The fraction of sp³-hybridized carbons (Fsp3) is 0.472. The quantitative estimate of drug-likeness (QED) is 0.156. The smallest absolute Gasteiger partial charge is 0.376 e. The van der Waals surface area contributed by atoms with Gasteiger partial charge in [0.2, 0.25) is 0 Å². The van der Waals surface area contributed by atoms with E-state index in [1.165, 1.54) is 59.9 Å². The van der Waals surface area contributed by atoms with Gasteiger partial charge in [-0.3, -0.25) is 9.69 Å². The molecule has 5 nitrogen and oxygen atoms in total. The first-order valence-electron chi connectivity index (χ1n) is 15.5. The number of benzene rings is 1. The van der Waals surface area contributed by atoms with Gasteiger partial charge in [-0.15, -0.1) is 5.73 Å². The largest absolute Gasteiger partial charge is 0.417 e. The van der Waals surface area contributed by atoms with Crippen LogP contribution < -0.4 is 5.32 Å². The van der Waals surface area contributed by atoms with Gasteiger partial charge in [0.25, 0.3) is 5.91 Å². The van der Waals surface area contributed by atoms with Crippen LogP contribution in [0, 0.1) is 5.82 Å². The molecule has 1 aliphatic carbocycles. The summed E-state index contributed by atoms with van der Waals surface area (Å²) < 4.78 is 71.1. The van der Waals surface area contributed by atoms with Crippen molar-refractivity contribution in [3.05, 3.63) is 101 Å². The van der Waals surface area contributed by atoms with Gasteiger partial charge in [0, 0.05) is 0 Å². The number of allylic oxidation sites excluding steroid dienone is 6. The van der Waals surface area contributed by atoms with E-state index >= 15 is 0 Å². The molecule has 1 N–H and O–H groups in total. The highest BCUT2D eigenvalue weighted by molar-refractivity contribution is 6.10. The van der Waals surface area contributed by atoms with Crippen LogP contribution in [0.1, 0.15) is 66.9 Å². The van der Waals surface area contributed by atoms with Gasteiger partial charge in [0.1, 0.15) is 18.3 Å². The third-order valence-electron chi connectivity index (χ3n) is 6.20. The van der Waals surface area contributed by atoms with Crippen molar-refractivity contribution >= 4 is 11.7 Å². The monoisotopic (exact) mass is 651 g/mol. The van der Waals surface area contributed by atoms with Crippen molar-refractivity contribution in [1.29, 1.82) is 0 Å². The average molecular weight is 652 g/mol. The van der Waals surface area contributed by atoms with Gasteiger partial charge in [-0.05, 0) is 88.4 Å². The second kappa shape index (κ2) is 22.0. The van der Waals surface area contributed by atoms with Crippen molar-refractivity contribution in [3.8, 4) is 0 Å². The first-order valence-corrected chi connectivity index (χ1v) is 15.5. The molecule has 1 amide bonds. The van der Waals surface area contributed by atoms with E-state index in [9.17, 15) is 26.7 Å². The molecule has 0 bridgehead atoms. The van der Waals surface area contributed by atoms with Crippen LogP contribution in [0.4, 0.5) is 22.0 Å². The normalized spacial score (nSPS) is 18.3. The highest BCUT2D eigenvalue weighted by atomic mass is 19.4. The zero-order chi connectivity index (χ0) is 35.3. The van der Waals surface area contributed by atoms with Gasteiger partial charge >= 0.3 is 6.18 Å². The molecule has 0 spiro atoms. The van der Waals surface area contributed by atoms with E-state index in [-0.39, 0.29) is 19.1 Å². The molecule has 3 rings (SSSR count). The van der Waals surface area contributed by atoms with Crippen LogP contribution in [-0.4, -0.2) is 62.8 Å². The molecule has 1 aliphatic heterocycles. The van der Waals surface area contributed by atoms with Crippen LogP contribution in [0.15, 0.2) is 94.2 Å². The minimum atomic E-state index is -4.45. The van der Waals surface area contributed by atoms with Crippen molar-refractivity contribution in [1.82, 2.24) is 10.2 Å². The maximum atomic E-state index is 13.9. The van der Waals surface area contributed by atoms with E-state index in [2.05, 4.69) is 24.9 Å². The summed E-state index contributed by atoms with van der Waals surface area (Å²) in [5.41, 5.74) is 1.77. The number of nitrogens with zero attached hydrogens (tertiary/aromatic N) is 2. The summed E-state index contributed by atoms with van der Waals surface area (Å²) in [7, 11) is 3.75. The molecule has 0 fully saturated rings. The van der Waals surface area contributed by atoms with E-state index in [4.69, 9.17) is 9.73 Å². The van der Waals surface area contributed by atoms with Gasteiger partial charge < -0.3 is 10.1 Å². The summed E-state index contributed by atoms with van der Waals surface area (Å²) in [5, 5.41) is 2.75. The van der Waals surface area contributed by atoms with Crippen LogP contribution >= 0.6 is 0 Å². The summed E-state index contributed by atoms with van der Waals surface area (Å²) >= 11 is 0. The maximum Gasteiger partial charge on any atom is 0.417 e. The Bertz CT molecular complexity index is 1290. The number of hydrogen-bond acceptors (Lipinski definition) is 4. The van der Waals surface area contributed by atoms with Crippen molar-refractivity contribution in [2.45, 2.75) is 79.1 Å². The average Bonchev–Trinajstić information content (AvgIpc) is 3.15. The van der Waals surface area contributed by atoms with E-state index < -0.39 is 35.9 Å². The molecule has 0 saturated carbocycles. The zero-order valence-corrected chi connectivity index (χ0v) is 28.6. The van der Waals surface area contributed by atoms with Crippen molar-refractivity contribution in [2.24, 2.45) is 4.99 Å². The third-order valence-corrected chi connectivity index (χ3v) is 6.20. The molecule has 46 heavy (non-hydrogen) atoms. The lowest BCUT2D eigenvalue weighted by Gasteiger charge is -2.29. The summed E-state index contributed by atoms with van der Waals surface area (Å²) in [6.45, 7) is 13.1. The minimum absolute atomic E-state index is 0.161. The van der Waals surface area contributed by atoms with Crippen LogP contribution in [0.2, 0.25) is 0 Å². The molecule has 0 aromatic heterocycles. The Labute approximate surface area is 272 Å². The van der Waals surface area contributed by atoms with Gasteiger partial charge in [-0.2, -0.15) is 13.2 Å². The lowest BCUT2D eigenvalue weighted by molar-refractivity contribution is -0.131. The van der Waals surface area contributed by atoms with Crippen LogP contribution in [0.3, 0.4) is 0 Å². The summed E-state index contributed by atoms with van der Waals surface area (Å²) in [4.78, 5) is 20.0. The Morgan fingerprint density at radius 1 is 1.13 bits per heavy atom. The Hall–Kier alpha value is -3.59. The van der Waals surface area contributed by atoms with Crippen molar-refractivity contribution in [3.63, 3.8) is 0 Å². The molecule has 1 heterocycles. The molecule has 1 unspecified atom stereocenters. The van der Waals surface area contributed by atoms with Crippen LogP contribution in [0.25, 0.3) is 0 Å². The Balaban J connectivity index is 0.00000230. The number of ether oxygens (including phenoxy) is 1. The van der Waals surface area contributed by atoms with E-state index in [0.29, 0.717) is 29.0 Å². The van der Waals surface area contributed by atoms with Gasteiger partial charge in [-0.1, -0.05) is 70.6 Å². The standard InChI is InChI=1S/C29H29F5N2O2.C3H8.C2H7N.C2H6/c1-4-23(9-6-17-30)28(24-12-14-26(31)15-13-24)27(37)36(21(3)35-28)19-20(2)38-18-16-22-7-5-8-25(11-10-22)29(32,33)34;2*1-3-2;1-2/h4,6-15,20H,16-19H2,1-3H3;3H2,1-2H3;3H,1-2H3;1-2H3/b9-6-,23-4+;;;/t20-,28?;;;/m1.../s1. The molecule has 1 aromatic rings. The number of halogens is 5. The van der Waals surface area contributed by atoms with E-state index in [1.807, 2.05) is 27.9 Å².